The van der Waals surface area contributed by atoms with E-state index in [0.29, 0.717) is 17.5 Å². The number of allylic oxidation sites excluding steroid dienone is 2. The zero-order chi connectivity index (χ0) is 19.1. The second-order valence-electron chi connectivity index (χ2n) is 8.25. The normalized spacial score (nSPS) is 23.5. The standard InChI is InChI=1S/C21H29NO4/c1-5-6-7-8-14-12-17(23)18-15-11-13(2)9-10-16(15)21(3,4)26-20(18)19(14)22(24)25/h11-12,15-16,23H,5-10H2,1-4H3/t15-,16-/m1/s1. The van der Waals surface area contributed by atoms with Gasteiger partial charge in [-0.1, -0.05) is 31.4 Å². The molecule has 1 aromatic carbocycles. The van der Waals surface area contributed by atoms with Crippen LogP contribution in [0.5, 0.6) is 11.5 Å². The third-order valence-corrected chi connectivity index (χ3v) is 5.92. The van der Waals surface area contributed by atoms with Crippen molar-refractivity contribution >= 4 is 5.69 Å². The maximum Gasteiger partial charge on any atom is 0.314 e. The monoisotopic (exact) mass is 359 g/mol. The van der Waals surface area contributed by atoms with Crippen molar-refractivity contribution in [3.63, 3.8) is 0 Å². The molecule has 5 nitrogen and oxygen atoms in total. The van der Waals surface area contributed by atoms with Crippen molar-refractivity contribution in [2.24, 2.45) is 5.92 Å². The molecule has 2 aliphatic rings. The Kier molecular flexibility index (Phi) is 5.00. The van der Waals surface area contributed by atoms with Crippen molar-refractivity contribution in [1.82, 2.24) is 0 Å². The lowest BCUT2D eigenvalue weighted by atomic mass is 9.67. The average Bonchev–Trinajstić information content (AvgIpc) is 2.53. The van der Waals surface area contributed by atoms with E-state index in [2.05, 4.69) is 19.9 Å². The molecule has 0 amide bonds. The fourth-order valence-corrected chi connectivity index (χ4v) is 4.55. The molecule has 1 aliphatic carbocycles. The molecule has 0 spiro atoms. The van der Waals surface area contributed by atoms with Crippen LogP contribution in [0.15, 0.2) is 17.7 Å². The van der Waals surface area contributed by atoms with Crippen LogP contribution in [0.4, 0.5) is 5.69 Å². The van der Waals surface area contributed by atoms with Gasteiger partial charge in [0.05, 0.1) is 10.5 Å². The Morgan fingerprint density at radius 1 is 1.38 bits per heavy atom. The molecule has 1 aromatic rings. The van der Waals surface area contributed by atoms with Crippen molar-refractivity contribution in [3.05, 3.63) is 39.0 Å². The Labute approximate surface area is 155 Å². The molecule has 0 radical (unpaired) electrons. The minimum absolute atomic E-state index is 0.0362. The van der Waals surface area contributed by atoms with Crippen LogP contribution in [-0.2, 0) is 6.42 Å². The predicted octanol–water partition coefficient (Wildman–Crippen LogP) is 5.64. The summed E-state index contributed by atoms with van der Waals surface area (Å²) in [6.07, 6.45) is 7.63. The number of benzene rings is 1. The molecule has 26 heavy (non-hydrogen) atoms. The minimum Gasteiger partial charge on any atom is -0.507 e. The van der Waals surface area contributed by atoms with E-state index in [0.717, 1.165) is 32.1 Å². The van der Waals surface area contributed by atoms with Gasteiger partial charge in [0.2, 0.25) is 5.75 Å². The van der Waals surface area contributed by atoms with E-state index in [1.54, 1.807) is 6.07 Å². The number of ether oxygens (including phenoxy) is 1. The van der Waals surface area contributed by atoms with Crippen LogP contribution in [-0.4, -0.2) is 15.6 Å². The minimum atomic E-state index is -0.506. The summed E-state index contributed by atoms with van der Waals surface area (Å²) in [4.78, 5) is 11.6. The number of nitrogens with zero attached hydrogens (tertiary/aromatic N) is 1. The van der Waals surface area contributed by atoms with Crippen LogP contribution in [0.1, 0.15) is 76.8 Å². The Morgan fingerprint density at radius 2 is 2.12 bits per heavy atom. The van der Waals surface area contributed by atoms with Crippen LogP contribution < -0.4 is 4.74 Å². The van der Waals surface area contributed by atoms with Crippen LogP contribution >= 0.6 is 0 Å². The quantitative estimate of drug-likeness (QED) is 0.319. The van der Waals surface area contributed by atoms with Crippen LogP contribution in [0, 0.1) is 16.0 Å². The van der Waals surface area contributed by atoms with Gasteiger partial charge < -0.3 is 9.84 Å². The summed E-state index contributed by atoms with van der Waals surface area (Å²) < 4.78 is 6.21. The first-order chi connectivity index (χ1) is 12.3. The van der Waals surface area contributed by atoms with Gasteiger partial charge in [-0.05, 0) is 52.5 Å². The topological polar surface area (TPSA) is 72.6 Å². The summed E-state index contributed by atoms with van der Waals surface area (Å²) in [5.41, 5.74) is 1.97. The molecule has 2 atom stereocenters. The highest BCUT2D eigenvalue weighted by molar-refractivity contribution is 5.65. The number of phenols is 1. The van der Waals surface area contributed by atoms with Gasteiger partial charge in [0.1, 0.15) is 11.4 Å². The second-order valence-corrected chi connectivity index (χ2v) is 8.25. The van der Waals surface area contributed by atoms with Gasteiger partial charge in [-0.2, -0.15) is 0 Å². The fraction of sp³-hybridized carbons (Fsp3) is 0.619. The molecule has 0 aromatic heterocycles. The van der Waals surface area contributed by atoms with Gasteiger partial charge in [0, 0.05) is 17.4 Å². The van der Waals surface area contributed by atoms with E-state index in [9.17, 15) is 15.2 Å². The molecule has 0 saturated heterocycles. The van der Waals surface area contributed by atoms with E-state index in [1.165, 1.54) is 5.57 Å². The molecule has 1 aliphatic heterocycles. The van der Waals surface area contributed by atoms with Gasteiger partial charge in [-0.25, -0.2) is 0 Å². The molecule has 1 N–H and O–H groups in total. The lowest BCUT2D eigenvalue weighted by molar-refractivity contribution is -0.387. The maximum atomic E-state index is 11.9. The molecular formula is C21H29NO4. The Balaban J connectivity index is 2.18. The fourth-order valence-electron chi connectivity index (χ4n) is 4.55. The Morgan fingerprint density at radius 3 is 2.77 bits per heavy atom. The number of fused-ring (bicyclic) bond motifs is 3. The summed E-state index contributed by atoms with van der Waals surface area (Å²) >= 11 is 0. The molecule has 3 rings (SSSR count). The number of nitro benzene ring substituents is 1. The SMILES string of the molecule is CCCCCc1cc(O)c2c(c1[N+](=O)[O-])OC(C)(C)[C@@H]1CCC(C)=C[C@@H]21. The van der Waals surface area contributed by atoms with Crippen molar-refractivity contribution in [2.45, 2.75) is 77.7 Å². The number of aromatic hydroxyl groups is 1. The van der Waals surface area contributed by atoms with Gasteiger partial charge in [0.15, 0.2) is 0 Å². The number of aryl methyl sites for hydroxylation is 1. The first kappa shape index (κ1) is 18.7. The van der Waals surface area contributed by atoms with Crippen LogP contribution in [0.2, 0.25) is 0 Å². The molecule has 0 unspecified atom stereocenters. The highest BCUT2D eigenvalue weighted by Crippen LogP contribution is 2.56. The molecule has 142 valence electrons. The number of hydrogen-bond donors (Lipinski definition) is 1. The van der Waals surface area contributed by atoms with Crippen molar-refractivity contribution in [3.8, 4) is 11.5 Å². The van der Waals surface area contributed by atoms with Gasteiger partial charge in [0.25, 0.3) is 0 Å². The summed E-state index contributed by atoms with van der Waals surface area (Å²) in [6.45, 7) is 8.20. The second kappa shape index (κ2) is 6.93. The van der Waals surface area contributed by atoms with Crippen molar-refractivity contribution in [2.75, 3.05) is 0 Å². The smallest absolute Gasteiger partial charge is 0.314 e. The van der Waals surface area contributed by atoms with E-state index in [-0.39, 0.29) is 33.9 Å². The third kappa shape index (κ3) is 3.19. The van der Waals surface area contributed by atoms with Crippen molar-refractivity contribution < 1.29 is 14.8 Å². The molecule has 0 bridgehead atoms. The van der Waals surface area contributed by atoms with E-state index >= 15 is 0 Å². The lowest BCUT2D eigenvalue weighted by Gasteiger charge is -2.46. The van der Waals surface area contributed by atoms with E-state index < -0.39 is 5.60 Å². The average molecular weight is 359 g/mol. The highest BCUT2D eigenvalue weighted by atomic mass is 16.6. The van der Waals surface area contributed by atoms with Crippen LogP contribution in [0.25, 0.3) is 0 Å². The number of hydrogen-bond acceptors (Lipinski definition) is 4. The number of nitro groups is 1. The molecule has 0 saturated carbocycles. The summed E-state index contributed by atoms with van der Waals surface area (Å²) in [5.74, 6) is 0.577. The third-order valence-electron chi connectivity index (χ3n) is 5.92. The molecule has 5 heteroatoms. The largest absolute Gasteiger partial charge is 0.507 e. The first-order valence-corrected chi connectivity index (χ1v) is 9.65. The zero-order valence-corrected chi connectivity index (χ0v) is 16.2. The molecule has 1 heterocycles. The van der Waals surface area contributed by atoms with E-state index in [4.69, 9.17) is 4.74 Å². The first-order valence-electron chi connectivity index (χ1n) is 9.65. The molecular weight excluding hydrogens is 330 g/mol. The lowest BCUT2D eigenvalue weighted by Crippen LogP contribution is -2.45. The summed E-state index contributed by atoms with van der Waals surface area (Å²) in [5, 5.41) is 22.7. The number of phenolic OH excluding ortho intramolecular Hbond substituents is 1. The zero-order valence-electron chi connectivity index (χ0n) is 16.2. The summed E-state index contributed by atoms with van der Waals surface area (Å²) in [6, 6.07) is 1.60. The molecule has 0 fully saturated rings. The summed E-state index contributed by atoms with van der Waals surface area (Å²) in [7, 11) is 0. The van der Waals surface area contributed by atoms with Crippen molar-refractivity contribution in [1.29, 1.82) is 0 Å². The van der Waals surface area contributed by atoms with Crippen LogP contribution in [0.3, 0.4) is 0 Å². The maximum absolute atomic E-state index is 11.9. The Bertz CT molecular complexity index is 751. The highest BCUT2D eigenvalue weighted by Gasteiger charge is 2.48. The van der Waals surface area contributed by atoms with Gasteiger partial charge >= 0.3 is 5.69 Å². The number of rotatable bonds is 5. The number of unbranched alkanes of at least 4 members (excludes halogenated alkanes) is 2. The van der Waals surface area contributed by atoms with E-state index in [1.807, 2.05) is 13.8 Å². The van der Waals surface area contributed by atoms with Gasteiger partial charge in [-0.3, -0.25) is 10.1 Å². The van der Waals surface area contributed by atoms with Gasteiger partial charge in [-0.15, -0.1) is 0 Å². The Hall–Kier alpha value is -2.04. The predicted molar refractivity (Wildman–Crippen MR) is 102 cm³/mol.